The minimum absolute atomic E-state index is 0.0569. The molecule has 0 radical (unpaired) electrons. The molecule has 0 aliphatic carbocycles. The quantitative estimate of drug-likeness (QED) is 0.768. The average molecular weight is 278 g/mol. The third-order valence-electron chi connectivity index (χ3n) is 4.70. The lowest BCUT2D eigenvalue weighted by Crippen LogP contribution is -2.60. The van der Waals surface area contributed by atoms with E-state index in [4.69, 9.17) is 5.73 Å². The van der Waals surface area contributed by atoms with E-state index in [1.165, 1.54) is 5.56 Å². The smallest absolute Gasteiger partial charge is 0.115 e. The van der Waals surface area contributed by atoms with Gasteiger partial charge in [-0.1, -0.05) is 39.8 Å². The van der Waals surface area contributed by atoms with Gasteiger partial charge in [0, 0.05) is 11.6 Å². The molecule has 1 rings (SSSR count). The molecule has 3 nitrogen and oxygen atoms in total. The fourth-order valence-electron chi connectivity index (χ4n) is 3.39. The van der Waals surface area contributed by atoms with Crippen LogP contribution in [0.2, 0.25) is 0 Å². The van der Waals surface area contributed by atoms with Crippen LogP contribution in [0.5, 0.6) is 5.75 Å². The molecule has 0 saturated heterocycles. The highest BCUT2D eigenvalue weighted by atomic mass is 16.3. The maximum atomic E-state index is 9.37. The van der Waals surface area contributed by atoms with Crippen LogP contribution in [-0.2, 0) is 6.42 Å². The van der Waals surface area contributed by atoms with E-state index in [0.717, 1.165) is 32.4 Å². The Bertz CT molecular complexity index is 380. The Morgan fingerprint density at radius 1 is 1.05 bits per heavy atom. The van der Waals surface area contributed by atoms with Crippen LogP contribution in [0.15, 0.2) is 24.3 Å². The Kier molecular flexibility index (Phi) is 6.50. The molecule has 3 N–H and O–H groups in total. The first-order valence-electron chi connectivity index (χ1n) is 7.82. The predicted octanol–water partition coefficient (Wildman–Crippen LogP) is 3.16. The van der Waals surface area contributed by atoms with Gasteiger partial charge in [-0.05, 0) is 50.0 Å². The second-order valence-corrected chi connectivity index (χ2v) is 5.46. The number of aromatic hydroxyl groups is 1. The Hall–Kier alpha value is -1.06. The first-order valence-corrected chi connectivity index (χ1v) is 7.82. The summed E-state index contributed by atoms with van der Waals surface area (Å²) in [5.74, 6) is 0.309. The molecule has 20 heavy (non-hydrogen) atoms. The van der Waals surface area contributed by atoms with Crippen molar-refractivity contribution in [3.63, 3.8) is 0 Å². The summed E-state index contributed by atoms with van der Waals surface area (Å²) in [5.41, 5.74) is 7.84. The maximum absolute atomic E-state index is 9.37. The zero-order valence-electron chi connectivity index (χ0n) is 13.4. The number of likely N-dealkylation sites (N-methyl/N-ethyl adjacent to an activating group) is 1. The molecule has 1 aromatic rings. The van der Waals surface area contributed by atoms with Gasteiger partial charge in [0.05, 0.1) is 0 Å². The number of phenolic OH excluding ortho intramolecular Hbond substituents is 1. The number of rotatable bonds is 8. The molecule has 0 saturated carbocycles. The SMILES string of the molecule is CCN(CC)C(CC)(CC)C(N)Cc1ccc(O)cc1. The minimum Gasteiger partial charge on any atom is -0.508 e. The molecule has 1 unspecified atom stereocenters. The molecule has 0 aromatic heterocycles. The number of nitrogens with zero attached hydrogens (tertiary/aromatic N) is 1. The molecule has 0 heterocycles. The molecular weight excluding hydrogens is 248 g/mol. The summed E-state index contributed by atoms with van der Waals surface area (Å²) in [6.07, 6.45) is 2.97. The van der Waals surface area contributed by atoms with Crippen molar-refractivity contribution >= 4 is 0 Å². The van der Waals surface area contributed by atoms with Crippen molar-refractivity contribution in [1.29, 1.82) is 0 Å². The summed E-state index contributed by atoms with van der Waals surface area (Å²) in [4.78, 5) is 2.50. The first kappa shape index (κ1) is 17.0. The van der Waals surface area contributed by atoms with Crippen LogP contribution in [0.1, 0.15) is 46.1 Å². The Morgan fingerprint density at radius 3 is 1.95 bits per heavy atom. The second kappa shape index (κ2) is 7.65. The summed E-state index contributed by atoms with van der Waals surface area (Å²) in [7, 11) is 0. The average Bonchev–Trinajstić information content (AvgIpc) is 2.47. The van der Waals surface area contributed by atoms with E-state index in [-0.39, 0.29) is 11.6 Å². The Morgan fingerprint density at radius 2 is 1.55 bits per heavy atom. The lowest BCUT2D eigenvalue weighted by Gasteiger charge is -2.46. The molecule has 114 valence electrons. The lowest BCUT2D eigenvalue weighted by atomic mass is 9.80. The largest absolute Gasteiger partial charge is 0.508 e. The number of nitrogens with two attached hydrogens (primary N) is 1. The van der Waals surface area contributed by atoms with Crippen molar-refractivity contribution in [2.45, 2.75) is 58.5 Å². The van der Waals surface area contributed by atoms with Gasteiger partial charge in [-0.15, -0.1) is 0 Å². The lowest BCUT2D eigenvalue weighted by molar-refractivity contribution is 0.0628. The zero-order chi connectivity index (χ0) is 15.2. The Balaban J connectivity index is 2.93. The van der Waals surface area contributed by atoms with Crippen molar-refractivity contribution in [2.24, 2.45) is 5.73 Å². The van der Waals surface area contributed by atoms with E-state index in [0.29, 0.717) is 5.75 Å². The second-order valence-electron chi connectivity index (χ2n) is 5.46. The molecule has 1 aromatic carbocycles. The minimum atomic E-state index is 0.0569. The maximum Gasteiger partial charge on any atom is 0.115 e. The summed E-state index contributed by atoms with van der Waals surface area (Å²) >= 11 is 0. The van der Waals surface area contributed by atoms with Crippen LogP contribution in [-0.4, -0.2) is 34.7 Å². The van der Waals surface area contributed by atoms with E-state index in [1.807, 2.05) is 12.1 Å². The van der Waals surface area contributed by atoms with Gasteiger partial charge in [0.15, 0.2) is 0 Å². The van der Waals surface area contributed by atoms with Crippen LogP contribution >= 0.6 is 0 Å². The molecule has 0 aliphatic heterocycles. The summed E-state index contributed by atoms with van der Waals surface area (Å²) in [5, 5.41) is 9.37. The normalized spacial score (nSPS) is 13.7. The number of benzene rings is 1. The highest BCUT2D eigenvalue weighted by Gasteiger charge is 2.37. The van der Waals surface area contributed by atoms with Gasteiger partial charge in [0.1, 0.15) is 5.75 Å². The van der Waals surface area contributed by atoms with Crippen molar-refractivity contribution < 1.29 is 5.11 Å². The molecule has 0 bridgehead atoms. The monoisotopic (exact) mass is 278 g/mol. The molecular formula is C17H30N2O. The summed E-state index contributed by atoms with van der Waals surface area (Å²) in [6.45, 7) is 10.9. The summed E-state index contributed by atoms with van der Waals surface area (Å²) in [6, 6.07) is 7.50. The fourth-order valence-corrected chi connectivity index (χ4v) is 3.39. The fraction of sp³-hybridized carbons (Fsp3) is 0.647. The first-order chi connectivity index (χ1) is 9.53. The van der Waals surface area contributed by atoms with Crippen LogP contribution in [0, 0.1) is 0 Å². The standard InChI is InChI=1S/C17H30N2O/c1-5-17(6-2,19(7-3)8-4)16(18)13-14-9-11-15(20)12-10-14/h9-12,16,20H,5-8,13,18H2,1-4H3. The van der Waals surface area contributed by atoms with E-state index >= 15 is 0 Å². The van der Waals surface area contributed by atoms with Crippen LogP contribution in [0.25, 0.3) is 0 Å². The molecule has 0 fully saturated rings. The molecule has 0 amide bonds. The molecule has 1 atom stereocenters. The van der Waals surface area contributed by atoms with Crippen molar-refractivity contribution in [3.05, 3.63) is 29.8 Å². The van der Waals surface area contributed by atoms with E-state index < -0.39 is 0 Å². The van der Waals surface area contributed by atoms with Crippen LogP contribution in [0.4, 0.5) is 0 Å². The highest BCUT2D eigenvalue weighted by Crippen LogP contribution is 2.29. The predicted molar refractivity (Wildman–Crippen MR) is 86.0 cm³/mol. The number of hydrogen-bond acceptors (Lipinski definition) is 3. The van der Waals surface area contributed by atoms with Gasteiger partial charge < -0.3 is 10.8 Å². The van der Waals surface area contributed by atoms with Gasteiger partial charge >= 0.3 is 0 Å². The number of phenols is 1. The highest BCUT2D eigenvalue weighted by molar-refractivity contribution is 5.27. The third kappa shape index (κ3) is 3.53. The van der Waals surface area contributed by atoms with Gasteiger partial charge in [-0.25, -0.2) is 0 Å². The molecule has 0 spiro atoms. The van der Waals surface area contributed by atoms with Gasteiger partial charge in [0.2, 0.25) is 0 Å². The van der Waals surface area contributed by atoms with Gasteiger partial charge in [0.25, 0.3) is 0 Å². The molecule has 3 heteroatoms. The van der Waals surface area contributed by atoms with E-state index in [2.05, 4.69) is 32.6 Å². The molecule has 0 aliphatic rings. The Labute approximate surface area is 123 Å². The summed E-state index contributed by atoms with van der Waals surface area (Å²) < 4.78 is 0. The van der Waals surface area contributed by atoms with Crippen molar-refractivity contribution in [2.75, 3.05) is 13.1 Å². The van der Waals surface area contributed by atoms with E-state index in [1.54, 1.807) is 12.1 Å². The van der Waals surface area contributed by atoms with Crippen molar-refractivity contribution in [3.8, 4) is 5.75 Å². The van der Waals surface area contributed by atoms with Gasteiger partial charge in [-0.2, -0.15) is 0 Å². The zero-order valence-corrected chi connectivity index (χ0v) is 13.4. The third-order valence-corrected chi connectivity index (χ3v) is 4.70. The van der Waals surface area contributed by atoms with Crippen LogP contribution in [0.3, 0.4) is 0 Å². The number of hydrogen-bond donors (Lipinski definition) is 2. The van der Waals surface area contributed by atoms with Gasteiger partial charge in [-0.3, -0.25) is 4.90 Å². The topological polar surface area (TPSA) is 49.5 Å². The van der Waals surface area contributed by atoms with E-state index in [9.17, 15) is 5.11 Å². The van der Waals surface area contributed by atoms with Crippen LogP contribution < -0.4 is 5.73 Å². The van der Waals surface area contributed by atoms with Crippen molar-refractivity contribution in [1.82, 2.24) is 4.90 Å².